The molecule has 2 aromatic carbocycles. The van der Waals surface area contributed by atoms with Crippen LogP contribution in [0, 0.1) is 0 Å². The number of barbiturate groups is 1. The highest BCUT2D eigenvalue weighted by Gasteiger charge is 2.37. The van der Waals surface area contributed by atoms with E-state index in [1.807, 2.05) is 0 Å². The molecule has 1 aromatic heterocycles. The lowest BCUT2D eigenvalue weighted by molar-refractivity contribution is -0.122. The largest absolute Gasteiger partial charge is 0.457 e. The van der Waals surface area contributed by atoms with E-state index in [0.717, 1.165) is 4.90 Å². The van der Waals surface area contributed by atoms with E-state index in [-0.39, 0.29) is 11.3 Å². The maximum atomic E-state index is 12.9. The number of halogens is 3. The first kappa shape index (κ1) is 20.4. The fraction of sp³-hybridized carbons (Fsp3) is 0. The second-order valence-corrected chi connectivity index (χ2v) is 8.02. The molecule has 0 spiro atoms. The summed E-state index contributed by atoms with van der Waals surface area (Å²) < 4.78 is 6.41. The van der Waals surface area contributed by atoms with Gasteiger partial charge in [-0.1, -0.05) is 45.2 Å². The molecule has 9 heteroatoms. The number of rotatable bonds is 3. The molecule has 0 radical (unpaired) electrons. The van der Waals surface area contributed by atoms with Crippen LogP contribution < -0.4 is 10.2 Å². The van der Waals surface area contributed by atoms with E-state index in [9.17, 15) is 14.4 Å². The number of amides is 4. The average Bonchev–Trinajstić information content (AvgIpc) is 3.15. The van der Waals surface area contributed by atoms with Crippen molar-refractivity contribution in [2.45, 2.75) is 0 Å². The second kappa shape index (κ2) is 8.10. The third kappa shape index (κ3) is 3.92. The third-order valence-corrected chi connectivity index (χ3v) is 5.33. The molecule has 4 amide bonds. The smallest absolute Gasteiger partial charge is 0.335 e. The molecule has 0 unspecified atom stereocenters. The van der Waals surface area contributed by atoms with Gasteiger partial charge in [0.25, 0.3) is 11.8 Å². The summed E-state index contributed by atoms with van der Waals surface area (Å²) in [5, 5.41) is 3.08. The van der Waals surface area contributed by atoms with Crippen molar-refractivity contribution in [3.8, 4) is 11.3 Å². The molecule has 30 heavy (non-hydrogen) atoms. The summed E-state index contributed by atoms with van der Waals surface area (Å²) in [6.45, 7) is 0. The van der Waals surface area contributed by atoms with Crippen LogP contribution in [0.15, 0.2) is 69.1 Å². The standard InChI is InChI=1S/C21H11BrCl2N2O4/c22-11-2-1-3-13(8-11)26-20(28)16(19(27)25-21(26)29)10-14-5-7-18(30-14)15-9-12(23)4-6-17(15)24/h1-10H,(H,25,27,29)/b16-10+. The SMILES string of the molecule is O=C1NC(=O)N(c2cccc(Br)c2)C(=O)/C1=C/c1ccc(-c2cc(Cl)ccc2Cl)o1. The number of nitrogens with zero attached hydrogens (tertiary/aromatic N) is 1. The van der Waals surface area contributed by atoms with Crippen molar-refractivity contribution in [3.05, 3.63) is 80.4 Å². The number of imide groups is 2. The van der Waals surface area contributed by atoms with Gasteiger partial charge in [0.05, 0.1) is 10.7 Å². The van der Waals surface area contributed by atoms with Crippen LogP contribution in [-0.2, 0) is 9.59 Å². The molecule has 1 N–H and O–H groups in total. The van der Waals surface area contributed by atoms with E-state index in [1.54, 1.807) is 54.6 Å². The maximum absolute atomic E-state index is 12.9. The number of carbonyl (C=O) groups is 3. The number of benzene rings is 2. The first-order valence-corrected chi connectivity index (χ1v) is 10.1. The molecule has 4 rings (SSSR count). The molecule has 0 saturated carbocycles. The normalized spacial score (nSPS) is 15.6. The molecule has 150 valence electrons. The first-order valence-electron chi connectivity index (χ1n) is 8.56. The minimum atomic E-state index is -0.828. The molecule has 1 aliphatic heterocycles. The zero-order valence-electron chi connectivity index (χ0n) is 15.0. The number of furan rings is 1. The van der Waals surface area contributed by atoms with E-state index >= 15 is 0 Å². The van der Waals surface area contributed by atoms with E-state index in [1.165, 1.54) is 6.08 Å². The Bertz CT molecular complexity index is 1240. The van der Waals surface area contributed by atoms with Crippen molar-refractivity contribution < 1.29 is 18.8 Å². The molecule has 2 heterocycles. The topological polar surface area (TPSA) is 79.6 Å². The maximum Gasteiger partial charge on any atom is 0.335 e. The number of hydrogen-bond acceptors (Lipinski definition) is 4. The third-order valence-electron chi connectivity index (χ3n) is 4.28. The van der Waals surface area contributed by atoms with Gasteiger partial charge in [0, 0.05) is 15.1 Å². The predicted molar refractivity (Wildman–Crippen MR) is 117 cm³/mol. The zero-order chi connectivity index (χ0) is 21.4. The summed E-state index contributed by atoms with van der Waals surface area (Å²) in [7, 11) is 0. The Labute approximate surface area is 189 Å². The molecule has 6 nitrogen and oxygen atoms in total. The predicted octanol–water partition coefficient (Wildman–Crippen LogP) is 5.68. The van der Waals surface area contributed by atoms with Crippen LogP contribution in [0.25, 0.3) is 17.4 Å². The Morgan fingerprint density at radius 3 is 2.57 bits per heavy atom. The van der Waals surface area contributed by atoms with Crippen molar-refractivity contribution in [3.63, 3.8) is 0 Å². The highest BCUT2D eigenvalue weighted by Crippen LogP contribution is 2.32. The van der Waals surface area contributed by atoms with E-state index in [0.29, 0.717) is 31.5 Å². The highest BCUT2D eigenvalue weighted by molar-refractivity contribution is 9.10. The van der Waals surface area contributed by atoms with Gasteiger partial charge in [-0.15, -0.1) is 0 Å². The minimum Gasteiger partial charge on any atom is -0.457 e. The van der Waals surface area contributed by atoms with Crippen LogP contribution in [0.1, 0.15) is 5.76 Å². The quantitative estimate of drug-likeness (QED) is 0.366. The molecule has 3 aromatic rings. The number of nitrogens with one attached hydrogen (secondary N) is 1. The van der Waals surface area contributed by atoms with Crippen molar-refractivity contribution >= 4 is 68.7 Å². The summed E-state index contributed by atoms with van der Waals surface area (Å²) in [6.07, 6.45) is 1.27. The fourth-order valence-electron chi connectivity index (χ4n) is 2.91. The van der Waals surface area contributed by atoms with Crippen LogP contribution in [0.2, 0.25) is 10.0 Å². The second-order valence-electron chi connectivity index (χ2n) is 6.26. The van der Waals surface area contributed by atoms with Gasteiger partial charge in [-0.05, 0) is 54.6 Å². The molecule has 1 fully saturated rings. The fourth-order valence-corrected chi connectivity index (χ4v) is 3.68. The van der Waals surface area contributed by atoms with Crippen molar-refractivity contribution in [1.82, 2.24) is 5.32 Å². The van der Waals surface area contributed by atoms with Gasteiger partial charge in [-0.3, -0.25) is 14.9 Å². The van der Waals surface area contributed by atoms with Crippen molar-refractivity contribution in [1.29, 1.82) is 0 Å². The molecule has 0 atom stereocenters. The monoisotopic (exact) mass is 504 g/mol. The number of hydrogen-bond donors (Lipinski definition) is 1. The van der Waals surface area contributed by atoms with Gasteiger partial charge < -0.3 is 4.42 Å². The van der Waals surface area contributed by atoms with Crippen LogP contribution in [0.4, 0.5) is 10.5 Å². The summed E-state index contributed by atoms with van der Waals surface area (Å²) >= 11 is 15.5. The summed E-state index contributed by atoms with van der Waals surface area (Å²) in [5.74, 6) is -0.920. The number of urea groups is 1. The first-order chi connectivity index (χ1) is 14.3. The van der Waals surface area contributed by atoms with Gasteiger partial charge in [-0.25, -0.2) is 9.69 Å². The van der Waals surface area contributed by atoms with Crippen molar-refractivity contribution in [2.75, 3.05) is 4.90 Å². The lowest BCUT2D eigenvalue weighted by Crippen LogP contribution is -2.54. The Morgan fingerprint density at radius 1 is 1.00 bits per heavy atom. The molecule has 0 aliphatic carbocycles. The molecule has 1 aliphatic rings. The van der Waals surface area contributed by atoms with Crippen LogP contribution in [0.5, 0.6) is 0 Å². The molecule has 0 bridgehead atoms. The zero-order valence-corrected chi connectivity index (χ0v) is 18.1. The van der Waals surface area contributed by atoms with Crippen LogP contribution in [-0.4, -0.2) is 17.8 Å². The Kier molecular flexibility index (Phi) is 5.51. The molecular weight excluding hydrogens is 495 g/mol. The highest BCUT2D eigenvalue weighted by atomic mass is 79.9. The minimum absolute atomic E-state index is 0.239. The van der Waals surface area contributed by atoms with Gasteiger partial charge in [0.2, 0.25) is 0 Å². The Morgan fingerprint density at radius 2 is 1.80 bits per heavy atom. The lowest BCUT2D eigenvalue weighted by Gasteiger charge is -2.26. The van der Waals surface area contributed by atoms with E-state index in [2.05, 4.69) is 21.2 Å². The van der Waals surface area contributed by atoms with Gasteiger partial charge >= 0.3 is 6.03 Å². The summed E-state index contributed by atoms with van der Waals surface area (Å²) in [6, 6.07) is 13.9. The Balaban J connectivity index is 1.70. The van der Waals surface area contributed by atoms with Gasteiger partial charge in [0.1, 0.15) is 17.1 Å². The lowest BCUT2D eigenvalue weighted by atomic mass is 10.1. The number of anilines is 1. The van der Waals surface area contributed by atoms with Gasteiger partial charge in [0.15, 0.2) is 0 Å². The summed E-state index contributed by atoms with van der Waals surface area (Å²) in [4.78, 5) is 38.4. The van der Waals surface area contributed by atoms with Crippen LogP contribution in [0.3, 0.4) is 0 Å². The average molecular weight is 506 g/mol. The van der Waals surface area contributed by atoms with E-state index in [4.69, 9.17) is 27.6 Å². The summed E-state index contributed by atoms with van der Waals surface area (Å²) in [5.41, 5.74) is 0.642. The van der Waals surface area contributed by atoms with Crippen molar-refractivity contribution in [2.24, 2.45) is 0 Å². The van der Waals surface area contributed by atoms with E-state index < -0.39 is 17.8 Å². The molecular formula is C21H11BrCl2N2O4. The Hall–Kier alpha value is -2.87. The molecule has 1 saturated heterocycles. The van der Waals surface area contributed by atoms with Crippen LogP contribution >= 0.6 is 39.1 Å². The van der Waals surface area contributed by atoms with Gasteiger partial charge in [-0.2, -0.15) is 0 Å². The number of carbonyl (C=O) groups excluding carboxylic acids is 3.